The van der Waals surface area contributed by atoms with Crippen LogP contribution in [0.3, 0.4) is 0 Å². The lowest BCUT2D eigenvalue weighted by molar-refractivity contribution is 0.0533. The van der Waals surface area contributed by atoms with Gasteiger partial charge in [-0.05, 0) is 41.8 Å². The zero-order chi connectivity index (χ0) is 21.7. The van der Waals surface area contributed by atoms with Crippen molar-refractivity contribution in [1.29, 1.82) is 5.26 Å². The first-order valence-corrected chi connectivity index (χ1v) is 11.8. The third-order valence-corrected chi connectivity index (χ3v) is 6.95. The van der Waals surface area contributed by atoms with Crippen LogP contribution in [0.2, 0.25) is 0 Å². The van der Waals surface area contributed by atoms with Crippen LogP contribution in [0.15, 0.2) is 35.7 Å². The van der Waals surface area contributed by atoms with Gasteiger partial charge in [-0.2, -0.15) is 5.26 Å². The molecule has 0 saturated carbocycles. The predicted molar refractivity (Wildman–Crippen MR) is 126 cm³/mol. The minimum atomic E-state index is -0.365. The summed E-state index contributed by atoms with van der Waals surface area (Å²) in [5.41, 5.74) is 4.38. The molecule has 0 saturated heterocycles. The number of aryl methyl sites for hydroxylation is 1. The third kappa shape index (κ3) is 4.58. The van der Waals surface area contributed by atoms with Crippen molar-refractivity contribution in [2.24, 2.45) is 5.92 Å². The summed E-state index contributed by atoms with van der Waals surface area (Å²) >= 11 is 3.06. The quantitative estimate of drug-likeness (QED) is 0.392. The van der Waals surface area contributed by atoms with E-state index < -0.39 is 0 Å². The molecule has 0 aliphatic carbocycles. The van der Waals surface area contributed by atoms with Gasteiger partial charge in [-0.3, -0.25) is 0 Å². The Bertz CT molecular complexity index is 1060. The number of nitrogens with one attached hydrogen (secondary N) is 1. The topological polar surface area (TPSA) is 62.1 Å². The van der Waals surface area contributed by atoms with E-state index in [1.807, 2.05) is 19.1 Å². The van der Waals surface area contributed by atoms with Crippen molar-refractivity contribution in [3.8, 4) is 27.6 Å². The maximum absolute atomic E-state index is 12.5. The van der Waals surface area contributed by atoms with E-state index in [1.54, 1.807) is 18.3 Å². The van der Waals surface area contributed by atoms with Gasteiger partial charge in [-0.15, -0.1) is 22.7 Å². The van der Waals surface area contributed by atoms with Crippen molar-refractivity contribution in [1.82, 2.24) is 0 Å². The van der Waals surface area contributed by atoms with Gasteiger partial charge >= 0.3 is 5.97 Å². The minimum Gasteiger partial charge on any atom is -0.462 e. The maximum Gasteiger partial charge on any atom is 0.348 e. The Labute approximate surface area is 186 Å². The fourth-order valence-electron chi connectivity index (χ4n) is 3.24. The summed E-state index contributed by atoms with van der Waals surface area (Å²) in [6.45, 7) is 9.39. The van der Waals surface area contributed by atoms with Crippen LogP contribution in [-0.4, -0.2) is 19.1 Å². The minimum absolute atomic E-state index is 0.309. The number of benzene rings is 1. The molecule has 2 heterocycles. The Morgan fingerprint density at radius 2 is 1.87 bits per heavy atom. The smallest absolute Gasteiger partial charge is 0.348 e. The first-order chi connectivity index (χ1) is 14.5. The number of nitriles is 1. The Balaban J connectivity index is 2.00. The molecule has 4 nitrogen and oxygen atoms in total. The van der Waals surface area contributed by atoms with E-state index >= 15 is 0 Å². The molecule has 3 aromatic rings. The van der Waals surface area contributed by atoms with E-state index in [4.69, 9.17) is 4.74 Å². The second-order valence-corrected chi connectivity index (χ2v) is 9.33. The Morgan fingerprint density at radius 3 is 2.47 bits per heavy atom. The summed E-state index contributed by atoms with van der Waals surface area (Å²) in [5, 5.41) is 15.4. The van der Waals surface area contributed by atoms with Gasteiger partial charge < -0.3 is 10.1 Å². The highest BCUT2D eigenvalue weighted by Gasteiger charge is 2.24. The van der Waals surface area contributed by atoms with Crippen LogP contribution in [-0.2, 0) is 11.2 Å². The van der Waals surface area contributed by atoms with E-state index in [0.717, 1.165) is 28.2 Å². The molecule has 6 heteroatoms. The molecule has 0 atom stereocenters. The van der Waals surface area contributed by atoms with Gasteiger partial charge in [0, 0.05) is 17.0 Å². The van der Waals surface area contributed by atoms with Crippen LogP contribution in [0.5, 0.6) is 0 Å². The van der Waals surface area contributed by atoms with Crippen molar-refractivity contribution in [3.05, 3.63) is 51.0 Å². The summed E-state index contributed by atoms with van der Waals surface area (Å²) in [5.74, 6) is 0.202. The number of esters is 1. The van der Waals surface area contributed by atoms with E-state index in [1.165, 1.54) is 16.2 Å². The van der Waals surface area contributed by atoms with Gasteiger partial charge in [0.25, 0.3) is 0 Å². The second kappa shape index (κ2) is 9.92. The van der Waals surface area contributed by atoms with Gasteiger partial charge in [0.2, 0.25) is 0 Å². The molecule has 0 amide bonds. The number of anilines is 1. The van der Waals surface area contributed by atoms with Crippen LogP contribution in [0, 0.1) is 17.2 Å². The summed E-state index contributed by atoms with van der Waals surface area (Å²) in [6.07, 6.45) is 0.706. The molecule has 3 rings (SSSR count). The highest BCUT2D eigenvalue weighted by molar-refractivity contribution is 7.15. The van der Waals surface area contributed by atoms with Crippen LogP contribution >= 0.6 is 22.7 Å². The number of hydrogen-bond donors (Lipinski definition) is 1. The molecule has 1 N–H and O–H groups in total. The largest absolute Gasteiger partial charge is 0.462 e. The normalized spacial score (nSPS) is 10.8. The van der Waals surface area contributed by atoms with Gasteiger partial charge in [-0.1, -0.05) is 45.0 Å². The number of nitrogens with zero attached hydrogens (tertiary/aromatic N) is 1. The third-order valence-electron chi connectivity index (χ3n) is 4.68. The maximum atomic E-state index is 12.5. The lowest BCUT2D eigenvalue weighted by atomic mass is 9.98. The highest BCUT2D eigenvalue weighted by Crippen LogP contribution is 2.39. The number of ether oxygens (including phenoxy) is 1. The summed E-state index contributed by atoms with van der Waals surface area (Å²) in [4.78, 5) is 15.1. The molecule has 1 aromatic carbocycles. The molecule has 0 fully saturated rings. The number of carbonyl (C=O) groups excluding carboxylic acids is 1. The predicted octanol–water partition coefficient (Wildman–Crippen LogP) is 6.82. The van der Waals surface area contributed by atoms with Gasteiger partial charge in [0.05, 0.1) is 22.7 Å². The molecule has 156 valence electrons. The molecule has 0 bridgehead atoms. The van der Waals surface area contributed by atoms with Crippen molar-refractivity contribution in [2.45, 2.75) is 34.1 Å². The van der Waals surface area contributed by atoms with E-state index in [-0.39, 0.29) is 5.97 Å². The SMILES string of the molecule is CCOC(=O)c1sc(CC)c(C#N)c1-c1ccc(-c2sccc2NCC(C)C)cc1. The Kier molecular flexibility index (Phi) is 7.30. The van der Waals surface area contributed by atoms with E-state index in [9.17, 15) is 10.1 Å². The van der Waals surface area contributed by atoms with Gasteiger partial charge in [-0.25, -0.2) is 4.79 Å². The molecular weight excluding hydrogens is 412 g/mol. The molecule has 0 radical (unpaired) electrons. The van der Waals surface area contributed by atoms with Crippen molar-refractivity contribution < 1.29 is 9.53 Å². The zero-order valence-electron chi connectivity index (χ0n) is 17.7. The lowest BCUT2D eigenvalue weighted by Gasteiger charge is -2.11. The van der Waals surface area contributed by atoms with Gasteiger partial charge in [0.15, 0.2) is 0 Å². The van der Waals surface area contributed by atoms with Crippen molar-refractivity contribution >= 4 is 34.3 Å². The number of rotatable bonds is 8. The standard InChI is InChI=1S/C24H26N2O2S2/c1-5-20-18(13-25)21(23(30-20)24(27)28-6-2)16-7-9-17(10-8-16)22-19(11-12-29-22)26-14-15(3)4/h7-12,15,26H,5-6,14H2,1-4H3. The zero-order valence-corrected chi connectivity index (χ0v) is 19.4. The highest BCUT2D eigenvalue weighted by atomic mass is 32.1. The molecule has 0 aliphatic rings. The van der Waals surface area contributed by atoms with Crippen LogP contribution in [0.25, 0.3) is 21.6 Å². The van der Waals surface area contributed by atoms with Crippen molar-refractivity contribution in [2.75, 3.05) is 18.5 Å². The summed E-state index contributed by atoms with van der Waals surface area (Å²) in [6, 6.07) is 12.5. The monoisotopic (exact) mass is 438 g/mol. The first kappa shape index (κ1) is 22.1. The molecular formula is C24H26N2O2S2. The van der Waals surface area contributed by atoms with Crippen LogP contribution in [0.4, 0.5) is 5.69 Å². The molecule has 0 unspecified atom stereocenters. The van der Waals surface area contributed by atoms with Crippen LogP contribution < -0.4 is 5.32 Å². The molecule has 30 heavy (non-hydrogen) atoms. The van der Waals surface area contributed by atoms with Gasteiger partial charge in [0.1, 0.15) is 10.9 Å². The number of hydrogen-bond acceptors (Lipinski definition) is 6. The number of carbonyl (C=O) groups is 1. The molecule has 0 aliphatic heterocycles. The summed E-state index contributed by atoms with van der Waals surface area (Å²) in [7, 11) is 0. The van der Waals surface area contributed by atoms with Crippen molar-refractivity contribution in [3.63, 3.8) is 0 Å². The molecule has 0 spiro atoms. The Morgan fingerprint density at radius 1 is 1.17 bits per heavy atom. The lowest BCUT2D eigenvalue weighted by Crippen LogP contribution is -2.07. The second-order valence-electron chi connectivity index (χ2n) is 7.31. The average molecular weight is 439 g/mol. The Hall–Kier alpha value is -2.62. The van der Waals surface area contributed by atoms with E-state index in [2.05, 4.69) is 48.8 Å². The van der Waals surface area contributed by atoms with Crippen LogP contribution in [0.1, 0.15) is 47.8 Å². The summed E-state index contributed by atoms with van der Waals surface area (Å²) < 4.78 is 5.25. The molecule has 2 aromatic heterocycles. The number of thiophene rings is 2. The average Bonchev–Trinajstić information content (AvgIpc) is 3.36. The first-order valence-electron chi connectivity index (χ1n) is 10.1. The van der Waals surface area contributed by atoms with E-state index in [0.29, 0.717) is 34.9 Å². The fraction of sp³-hybridized carbons (Fsp3) is 0.333. The fourth-order valence-corrected chi connectivity index (χ4v) is 5.22.